The Balaban J connectivity index is 2.49. The van der Waals surface area contributed by atoms with Gasteiger partial charge in [0, 0.05) is 12.2 Å². The summed E-state index contributed by atoms with van der Waals surface area (Å²) in [4.78, 5) is 9.92. The largest absolute Gasteiger partial charge is 0.383 e. The van der Waals surface area contributed by atoms with Crippen molar-refractivity contribution in [2.24, 2.45) is 0 Å². The Kier molecular flexibility index (Phi) is 3.76. The average molecular weight is 311 g/mol. The van der Waals surface area contributed by atoms with E-state index < -0.39 is 0 Å². The highest BCUT2D eigenvalue weighted by Gasteiger charge is 2.14. The Labute approximate surface area is 113 Å². The number of rotatable bonds is 3. The third-order valence-corrected chi connectivity index (χ3v) is 3.25. The molecule has 0 saturated heterocycles. The molecule has 1 aromatic carbocycles. The summed E-state index contributed by atoms with van der Waals surface area (Å²) in [7, 11) is 0. The van der Waals surface area contributed by atoms with E-state index in [1.165, 1.54) is 18.5 Å². The Morgan fingerprint density at radius 1 is 1.39 bits per heavy atom. The molecule has 1 aromatic heterocycles. The molecule has 0 bridgehead atoms. The lowest BCUT2D eigenvalue weighted by atomic mass is 10.2. The number of hydrogen-bond acceptors (Lipinski definition) is 4. The topological polar surface area (TPSA) is 55.0 Å². The van der Waals surface area contributed by atoms with Crippen molar-refractivity contribution < 1.29 is 4.39 Å². The molecule has 2 rings (SSSR count). The predicted molar refractivity (Wildman–Crippen MR) is 73.2 cm³/mol. The lowest BCUT2D eigenvalue weighted by Gasteiger charge is -2.23. The zero-order chi connectivity index (χ0) is 13.1. The van der Waals surface area contributed by atoms with E-state index in [9.17, 15) is 4.39 Å². The molecule has 2 aromatic rings. The number of halogens is 2. The molecule has 0 aliphatic rings. The van der Waals surface area contributed by atoms with Gasteiger partial charge in [-0.1, -0.05) is 6.07 Å². The fraction of sp³-hybridized carbons (Fsp3) is 0.167. The highest BCUT2D eigenvalue weighted by Crippen LogP contribution is 2.32. The van der Waals surface area contributed by atoms with E-state index in [4.69, 9.17) is 5.73 Å². The molecular formula is C12H12BrFN4. The molecule has 0 atom stereocenters. The molecule has 0 aliphatic heterocycles. The molecule has 6 heteroatoms. The smallest absolute Gasteiger partial charge is 0.152 e. The second-order valence-corrected chi connectivity index (χ2v) is 4.41. The van der Waals surface area contributed by atoms with E-state index in [0.29, 0.717) is 22.7 Å². The lowest BCUT2D eigenvalue weighted by molar-refractivity contribution is 0.627. The number of anilines is 3. The minimum absolute atomic E-state index is 0.288. The van der Waals surface area contributed by atoms with E-state index in [1.54, 1.807) is 6.07 Å². The minimum atomic E-state index is -0.288. The number of hydrogen-bond donors (Lipinski definition) is 1. The monoisotopic (exact) mass is 310 g/mol. The van der Waals surface area contributed by atoms with Gasteiger partial charge in [-0.2, -0.15) is 0 Å². The van der Waals surface area contributed by atoms with Crippen LogP contribution < -0.4 is 10.6 Å². The summed E-state index contributed by atoms with van der Waals surface area (Å²) < 4.78 is 13.9. The summed E-state index contributed by atoms with van der Waals surface area (Å²) in [5.41, 5.74) is 6.44. The van der Waals surface area contributed by atoms with Crippen molar-refractivity contribution in [3.05, 3.63) is 40.9 Å². The molecule has 0 amide bonds. The van der Waals surface area contributed by atoms with Crippen LogP contribution in [0.15, 0.2) is 35.1 Å². The van der Waals surface area contributed by atoms with Crippen LogP contribution in [0.2, 0.25) is 0 Å². The first-order valence-electron chi connectivity index (χ1n) is 5.42. The first kappa shape index (κ1) is 12.8. The first-order chi connectivity index (χ1) is 8.63. The fourth-order valence-electron chi connectivity index (χ4n) is 1.66. The second-order valence-electron chi connectivity index (χ2n) is 3.62. The molecule has 0 radical (unpaired) electrons. The highest BCUT2D eigenvalue weighted by atomic mass is 79.9. The molecule has 1 heterocycles. The molecule has 4 nitrogen and oxygen atoms in total. The lowest BCUT2D eigenvalue weighted by Crippen LogP contribution is -2.18. The summed E-state index contributed by atoms with van der Waals surface area (Å²) in [6, 6.07) is 6.33. The second kappa shape index (κ2) is 5.30. The third kappa shape index (κ3) is 2.43. The number of benzene rings is 1. The molecule has 0 aliphatic carbocycles. The fourth-order valence-corrected chi connectivity index (χ4v) is 2.08. The maximum absolute atomic E-state index is 13.3. The van der Waals surface area contributed by atoms with Gasteiger partial charge in [-0.05, 0) is 41.1 Å². The summed E-state index contributed by atoms with van der Waals surface area (Å²) in [5.74, 6) is 0.689. The van der Waals surface area contributed by atoms with Crippen LogP contribution in [0.25, 0.3) is 0 Å². The van der Waals surface area contributed by atoms with Crippen LogP contribution in [-0.2, 0) is 0 Å². The van der Waals surface area contributed by atoms with Crippen LogP contribution in [-0.4, -0.2) is 16.5 Å². The third-order valence-electron chi connectivity index (χ3n) is 2.49. The van der Waals surface area contributed by atoms with Crippen LogP contribution in [0, 0.1) is 5.82 Å². The summed E-state index contributed by atoms with van der Waals surface area (Å²) >= 11 is 3.35. The van der Waals surface area contributed by atoms with Gasteiger partial charge in [0.05, 0.1) is 0 Å². The number of nitrogens with zero attached hydrogens (tertiary/aromatic N) is 3. The Bertz CT molecular complexity index is 562. The van der Waals surface area contributed by atoms with E-state index in [2.05, 4.69) is 25.9 Å². The first-order valence-corrected chi connectivity index (χ1v) is 6.22. The molecule has 2 N–H and O–H groups in total. The van der Waals surface area contributed by atoms with Gasteiger partial charge in [0.15, 0.2) is 5.82 Å². The van der Waals surface area contributed by atoms with E-state index >= 15 is 0 Å². The van der Waals surface area contributed by atoms with E-state index in [-0.39, 0.29) is 5.82 Å². The number of nitrogen functional groups attached to an aromatic ring is 1. The quantitative estimate of drug-likeness (QED) is 0.946. The van der Waals surface area contributed by atoms with Crippen LogP contribution in [0.1, 0.15) is 6.92 Å². The van der Waals surface area contributed by atoms with Gasteiger partial charge < -0.3 is 10.6 Å². The molecule has 94 valence electrons. The maximum atomic E-state index is 13.3. The van der Waals surface area contributed by atoms with Gasteiger partial charge in [-0.25, -0.2) is 14.4 Å². The minimum Gasteiger partial charge on any atom is -0.383 e. The van der Waals surface area contributed by atoms with Gasteiger partial charge in [0.25, 0.3) is 0 Å². The molecular weight excluding hydrogens is 299 g/mol. The summed E-state index contributed by atoms with van der Waals surface area (Å²) in [6.07, 6.45) is 1.39. The van der Waals surface area contributed by atoms with Crippen molar-refractivity contribution in [1.29, 1.82) is 0 Å². The van der Waals surface area contributed by atoms with Crippen molar-refractivity contribution in [1.82, 2.24) is 9.97 Å². The zero-order valence-electron chi connectivity index (χ0n) is 9.77. The predicted octanol–water partition coefficient (Wildman–Crippen LogP) is 3.12. The van der Waals surface area contributed by atoms with Crippen LogP contribution >= 0.6 is 15.9 Å². The molecule has 18 heavy (non-hydrogen) atoms. The molecule has 0 spiro atoms. The molecule has 0 fully saturated rings. The Hall–Kier alpha value is -1.69. The van der Waals surface area contributed by atoms with Crippen molar-refractivity contribution >= 4 is 33.3 Å². The van der Waals surface area contributed by atoms with Gasteiger partial charge >= 0.3 is 0 Å². The van der Waals surface area contributed by atoms with Crippen LogP contribution in [0.3, 0.4) is 0 Å². The van der Waals surface area contributed by atoms with Gasteiger partial charge in [0.2, 0.25) is 0 Å². The SMILES string of the molecule is CCN(c1cccc(F)c1)c1ncnc(N)c1Br. The van der Waals surface area contributed by atoms with Gasteiger partial charge in [-0.15, -0.1) is 0 Å². The number of aromatic nitrogens is 2. The standard InChI is InChI=1S/C12H12BrFN4/c1-2-18(9-5-3-4-8(14)6-9)12-10(13)11(15)16-7-17-12/h3-7H,2H2,1H3,(H2,15,16,17). The van der Waals surface area contributed by atoms with Crippen molar-refractivity contribution in [3.63, 3.8) is 0 Å². The summed E-state index contributed by atoms with van der Waals surface area (Å²) in [6.45, 7) is 2.59. The van der Waals surface area contributed by atoms with Gasteiger partial charge in [-0.3, -0.25) is 0 Å². The van der Waals surface area contributed by atoms with Crippen molar-refractivity contribution in [2.75, 3.05) is 17.2 Å². The average Bonchev–Trinajstić information content (AvgIpc) is 2.35. The Morgan fingerprint density at radius 2 is 2.17 bits per heavy atom. The van der Waals surface area contributed by atoms with Crippen LogP contribution in [0.5, 0.6) is 0 Å². The maximum Gasteiger partial charge on any atom is 0.152 e. The summed E-state index contributed by atoms with van der Waals surface area (Å²) in [5, 5.41) is 0. The number of nitrogens with two attached hydrogens (primary N) is 1. The van der Waals surface area contributed by atoms with Crippen LogP contribution in [0.4, 0.5) is 21.7 Å². The molecule has 0 saturated carbocycles. The highest BCUT2D eigenvalue weighted by molar-refractivity contribution is 9.10. The van der Waals surface area contributed by atoms with E-state index in [1.807, 2.05) is 17.9 Å². The molecule has 0 unspecified atom stereocenters. The zero-order valence-corrected chi connectivity index (χ0v) is 11.4. The normalized spacial score (nSPS) is 10.4. The van der Waals surface area contributed by atoms with Gasteiger partial charge in [0.1, 0.15) is 22.4 Å². The Morgan fingerprint density at radius 3 is 2.83 bits per heavy atom. The van der Waals surface area contributed by atoms with Crippen molar-refractivity contribution in [2.45, 2.75) is 6.92 Å². The van der Waals surface area contributed by atoms with Crippen molar-refractivity contribution in [3.8, 4) is 0 Å². The van der Waals surface area contributed by atoms with E-state index in [0.717, 1.165) is 5.69 Å².